The first-order chi connectivity index (χ1) is 16.2. The molecule has 0 unspecified atom stereocenters. The van der Waals surface area contributed by atoms with E-state index < -0.39 is 5.97 Å². The molecule has 196 valence electrons. The molecule has 0 aliphatic rings. The zero-order chi connectivity index (χ0) is 24.2. The maximum atomic E-state index is 11.4. The molecule has 33 heavy (non-hydrogen) atoms. The minimum atomic E-state index is -0.945. The molecule has 0 aromatic heterocycles. The Kier molecular flexibility index (Phi) is 25.7. The first-order valence-electron chi connectivity index (χ1n) is 11.2. The van der Waals surface area contributed by atoms with Crippen LogP contribution in [0.25, 0.3) is 0 Å². The highest BCUT2D eigenvalue weighted by atomic mass is 16.6. The zero-order valence-electron chi connectivity index (χ0n) is 19.8. The fraction of sp³-hybridized carbons (Fsp3) is 0.905. The van der Waals surface area contributed by atoms with Gasteiger partial charge in [0.1, 0.15) is 0 Å². The van der Waals surface area contributed by atoms with Gasteiger partial charge in [0.05, 0.1) is 106 Å². The fourth-order valence-corrected chi connectivity index (χ4v) is 2.13. The molecule has 0 aliphatic heterocycles. The van der Waals surface area contributed by atoms with Crippen LogP contribution in [0.4, 0.5) is 0 Å². The summed E-state index contributed by atoms with van der Waals surface area (Å²) in [4.78, 5) is 21.7. The highest BCUT2D eigenvalue weighted by molar-refractivity contribution is 5.76. The Hall–Kier alpha value is -1.38. The number of ether oxygens (including phenoxy) is 8. The second-order valence-electron chi connectivity index (χ2n) is 6.52. The van der Waals surface area contributed by atoms with Crippen molar-refractivity contribution in [1.82, 2.24) is 5.32 Å². The summed E-state index contributed by atoms with van der Waals surface area (Å²) < 4.78 is 42.3. The van der Waals surface area contributed by atoms with Gasteiger partial charge in [-0.25, -0.2) is 0 Å². The van der Waals surface area contributed by atoms with E-state index in [-0.39, 0.29) is 31.9 Å². The third kappa shape index (κ3) is 28.6. The van der Waals surface area contributed by atoms with Crippen molar-refractivity contribution >= 4 is 11.9 Å². The van der Waals surface area contributed by atoms with Gasteiger partial charge in [0.2, 0.25) is 5.91 Å². The van der Waals surface area contributed by atoms with E-state index in [0.717, 1.165) is 0 Å². The molecule has 0 aromatic carbocycles. The average molecular weight is 484 g/mol. The minimum Gasteiger partial charge on any atom is -0.481 e. The van der Waals surface area contributed by atoms with E-state index >= 15 is 0 Å². The molecule has 2 N–H and O–H groups in total. The summed E-state index contributed by atoms with van der Waals surface area (Å²) in [7, 11) is 1.63. The molecule has 1 amide bonds. The van der Waals surface area contributed by atoms with Crippen LogP contribution in [0.15, 0.2) is 0 Å². The third-order valence-corrected chi connectivity index (χ3v) is 3.80. The van der Waals surface area contributed by atoms with Gasteiger partial charge in [-0.1, -0.05) is 0 Å². The van der Waals surface area contributed by atoms with Crippen molar-refractivity contribution in [1.29, 1.82) is 0 Å². The van der Waals surface area contributed by atoms with Crippen LogP contribution in [0.5, 0.6) is 0 Å². The Morgan fingerprint density at radius 1 is 0.545 bits per heavy atom. The van der Waals surface area contributed by atoms with E-state index in [9.17, 15) is 9.59 Å². The van der Waals surface area contributed by atoms with Crippen LogP contribution < -0.4 is 5.32 Å². The van der Waals surface area contributed by atoms with Gasteiger partial charge in [-0.3, -0.25) is 9.59 Å². The minimum absolute atomic E-state index is 0.0908. The first kappa shape index (κ1) is 31.6. The van der Waals surface area contributed by atoms with Crippen molar-refractivity contribution in [2.75, 3.05) is 113 Å². The van der Waals surface area contributed by atoms with Crippen molar-refractivity contribution < 1.29 is 52.6 Å². The number of carboxylic acid groups (broad SMARTS) is 1. The quantitative estimate of drug-likeness (QED) is 0.149. The van der Waals surface area contributed by atoms with Gasteiger partial charge >= 0.3 is 5.97 Å². The molecule has 12 nitrogen and oxygen atoms in total. The molecular weight excluding hydrogens is 442 g/mol. The van der Waals surface area contributed by atoms with Crippen molar-refractivity contribution in [2.45, 2.75) is 12.8 Å². The maximum Gasteiger partial charge on any atom is 0.305 e. The lowest BCUT2D eigenvalue weighted by Crippen LogP contribution is -2.27. The Balaban J connectivity index is 3.09. The van der Waals surface area contributed by atoms with E-state index in [1.807, 2.05) is 0 Å². The SMILES string of the molecule is COCCOCCOCCOCCOCCOCCOCCOCCC(=O)NCCC(=O)O. The molecular formula is C21H41NO11. The smallest absolute Gasteiger partial charge is 0.305 e. The van der Waals surface area contributed by atoms with E-state index in [1.54, 1.807) is 7.11 Å². The van der Waals surface area contributed by atoms with E-state index in [4.69, 9.17) is 43.0 Å². The Morgan fingerprint density at radius 3 is 1.21 bits per heavy atom. The number of amides is 1. The van der Waals surface area contributed by atoms with Crippen molar-refractivity contribution in [3.63, 3.8) is 0 Å². The Bertz CT molecular complexity index is 440. The van der Waals surface area contributed by atoms with Crippen LogP contribution in [-0.2, 0) is 47.5 Å². The van der Waals surface area contributed by atoms with Crippen LogP contribution in [0.1, 0.15) is 12.8 Å². The number of carboxylic acids is 1. The van der Waals surface area contributed by atoms with Crippen molar-refractivity contribution in [2.24, 2.45) is 0 Å². The van der Waals surface area contributed by atoms with Crippen LogP contribution >= 0.6 is 0 Å². The third-order valence-electron chi connectivity index (χ3n) is 3.80. The summed E-state index contributed by atoms with van der Waals surface area (Å²) in [6.07, 6.45) is 0.0964. The predicted octanol–water partition coefficient (Wildman–Crippen LogP) is -0.270. The number of carbonyl (C=O) groups is 2. The number of hydrogen-bond acceptors (Lipinski definition) is 10. The summed E-state index contributed by atoms with van der Waals surface area (Å²) >= 11 is 0. The summed E-state index contributed by atoms with van der Waals surface area (Å²) in [6.45, 7) is 7.29. The van der Waals surface area contributed by atoms with Gasteiger partial charge < -0.3 is 48.3 Å². The lowest BCUT2D eigenvalue weighted by atomic mass is 10.4. The lowest BCUT2D eigenvalue weighted by Gasteiger charge is -2.08. The highest BCUT2D eigenvalue weighted by Gasteiger charge is 2.02. The van der Waals surface area contributed by atoms with Crippen LogP contribution in [0.2, 0.25) is 0 Å². The summed E-state index contributed by atoms with van der Waals surface area (Å²) in [6, 6.07) is 0. The highest BCUT2D eigenvalue weighted by Crippen LogP contribution is 1.87. The van der Waals surface area contributed by atoms with Gasteiger partial charge in [-0.05, 0) is 0 Å². The predicted molar refractivity (Wildman–Crippen MR) is 117 cm³/mol. The van der Waals surface area contributed by atoms with Gasteiger partial charge in [0.15, 0.2) is 0 Å². The summed E-state index contributed by atoms with van der Waals surface area (Å²) in [5.41, 5.74) is 0. The van der Waals surface area contributed by atoms with E-state index in [2.05, 4.69) is 5.32 Å². The molecule has 0 bridgehead atoms. The summed E-state index contributed by atoms with van der Waals surface area (Å²) in [5.74, 6) is -1.18. The molecule has 0 rings (SSSR count). The molecule has 0 saturated heterocycles. The molecule has 0 aliphatic carbocycles. The van der Waals surface area contributed by atoms with Crippen molar-refractivity contribution in [3.8, 4) is 0 Å². The van der Waals surface area contributed by atoms with Crippen LogP contribution in [0.3, 0.4) is 0 Å². The molecule has 0 heterocycles. The fourth-order valence-electron chi connectivity index (χ4n) is 2.13. The monoisotopic (exact) mass is 483 g/mol. The number of hydrogen-bond donors (Lipinski definition) is 2. The molecule has 0 spiro atoms. The zero-order valence-corrected chi connectivity index (χ0v) is 19.8. The van der Waals surface area contributed by atoms with E-state index in [1.165, 1.54) is 0 Å². The van der Waals surface area contributed by atoms with Gasteiger partial charge in [-0.2, -0.15) is 0 Å². The van der Waals surface area contributed by atoms with Gasteiger partial charge in [-0.15, -0.1) is 0 Å². The van der Waals surface area contributed by atoms with Gasteiger partial charge in [0, 0.05) is 20.1 Å². The van der Waals surface area contributed by atoms with Crippen LogP contribution in [0, 0.1) is 0 Å². The molecule has 0 fully saturated rings. The topological polar surface area (TPSA) is 140 Å². The van der Waals surface area contributed by atoms with E-state index in [0.29, 0.717) is 92.5 Å². The maximum absolute atomic E-state index is 11.4. The second-order valence-corrected chi connectivity index (χ2v) is 6.52. The Morgan fingerprint density at radius 2 is 0.879 bits per heavy atom. The van der Waals surface area contributed by atoms with Crippen LogP contribution in [-0.4, -0.2) is 130 Å². The average Bonchev–Trinajstić information content (AvgIpc) is 2.79. The number of aliphatic carboxylic acids is 1. The number of nitrogens with one attached hydrogen (secondary N) is 1. The second kappa shape index (κ2) is 26.9. The largest absolute Gasteiger partial charge is 0.481 e. The standard InChI is InChI=1S/C21H41NO11/c1-26-6-7-28-10-11-30-14-15-32-18-19-33-17-16-31-13-12-29-9-8-27-5-3-20(23)22-4-2-21(24)25/h2-19H2,1H3,(H,22,23)(H,24,25). The number of methoxy groups -OCH3 is 1. The lowest BCUT2D eigenvalue weighted by molar-refractivity contribution is -0.136. The normalized spacial score (nSPS) is 11.1. The molecule has 0 saturated carbocycles. The first-order valence-corrected chi connectivity index (χ1v) is 11.2. The number of carbonyl (C=O) groups excluding carboxylic acids is 1. The number of rotatable bonds is 27. The van der Waals surface area contributed by atoms with Crippen molar-refractivity contribution in [3.05, 3.63) is 0 Å². The van der Waals surface area contributed by atoms with Gasteiger partial charge in [0.25, 0.3) is 0 Å². The summed E-state index contributed by atoms with van der Waals surface area (Å²) in [5, 5.41) is 11.0. The molecule has 0 atom stereocenters. The molecule has 0 aromatic rings. The Labute approximate surface area is 196 Å². The molecule has 0 radical (unpaired) electrons. The molecule has 12 heteroatoms.